The van der Waals surface area contributed by atoms with Crippen LogP contribution in [-0.4, -0.2) is 54.0 Å². The van der Waals surface area contributed by atoms with Crippen LogP contribution in [0, 0.1) is 5.92 Å². The van der Waals surface area contributed by atoms with E-state index in [0.717, 1.165) is 0 Å². The van der Waals surface area contributed by atoms with Gasteiger partial charge in [0.1, 0.15) is 12.2 Å². The fraction of sp³-hybridized carbons (Fsp3) is 0.636. The number of carbonyl (C=O) groups excluding carboxylic acids is 1. The Kier molecular flexibility index (Phi) is 3.06. The van der Waals surface area contributed by atoms with Crippen LogP contribution in [0.3, 0.4) is 0 Å². The molecule has 2 rings (SSSR count). The summed E-state index contributed by atoms with van der Waals surface area (Å²) in [7, 11) is 0. The molecule has 6 heteroatoms. The Hall–Kier alpha value is -1.56. The summed E-state index contributed by atoms with van der Waals surface area (Å²) in [4.78, 5) is 24.0. The van der Waals surface area contributed by atoms with Crippen LogP contribution in [0.15, 0.2) is 12.7 Å². The molecule has 1 aliphatic heterocycles. The summed E-state index contributed by atoms with van der Waals surface area (Å²) in [6, 6.07) is 0. The second-order valence-corrected chi connectivity index (χ2v) is 4.30. The van der Waals surface area contributed by atoms with Gasteiger partial charge in [-0.25, -0.2) is 4.79 Å². The number of ether oxygens (including phenoxy) is 2. The molecule has 0 aromatic rings. The molecule has 0 aromatic heterocycles. The zero-order valence-electron chi connectivity index (χ0n) is 9.42. The third-order valence-corrected chi connectivity index (χ3v) is 3.11. The number of carboxylic acid groups (broad SMARTS) is 1. The SMILES string of the molecule is C=CCOC(=O)N1CCOC2(CC2C(=O)O)C1. The van der Waals surface area contributed by atoms with Gasteiger partial charge in [-0.05, 0) is 6.42 Å². The minimum absolute atomic E-state index is 0.158. The maximum Gasteiger partial charge on any atom is 0.410 e. The predicted molar refractivity (Wildman–Crippen MR) is 57.5 cm³/mol. The molecular weight excluding hydrogens is 226 g/mol. The maximum absolute atomic E-state index is 11.6. The molecule has 0 radical (unpaired) electrons. The van der Waals surface area contributed by atoms with E-state index in [2.05, 4.69) is 6.58 Å². The Morgan fingerprint density at radius 3 is 3.00 bits per heavy atom. The minimum Gasteiger partial charge on any atom is -0.481 e. The van der Waals surface area contributed by atoms with Crippen molar-refractivity contribution in [1.29, 1.82) is 0 Å². The highest BCUT2D eigenvalue weighted by atomic mass is 16.6. The van der Waals surface area contributed by atoms with Crippen LogP contribution < -0.4 is 0 Å². The molecule has 1 saturated heterocycles. The smallest absolute Gasteiger partial charge is 0.410 e. The molecule has 0 aromatic carbocycles. The van der Waals surface area contributed by atoms with E-state index in [1.54, 1.807) is 0 Å². The summed E-state index contributed by atoms with van der Waals surface area (Å²) in [5.41, 5.74) is -0.683. The molecule has 2 atom stereocenters. The summed E-state index contributed by atoms with van der Waals surface area (Å²) < 4.78 is 10.4. The number of rotatable bonds is 3. The first kappa shape index (κ1) is 11.9. The van der Waals surface area contributed by atoms with Gasteiger partial charge >= 0.3 is 12.1 Å². The molecule has 1 aliphatic carbocycles. The summed E-state index contributed by atoms with van der Waals surface area (Å²) in [5.74, 6) is -1.37. The first-order valence-electron chi connectivity index (χ1n) is 5.48. The zero-order chi connectivity index (χ0) is 12.5. The number of hydrogen-bond donors (Lipinski definition) is 1. The van der Waals surface area contributed by atoms with Crippen molar-refractivity contribution in [2.75, 3.05) is 26.3 Å². The highest BCUT2D eigenvalue weighted by molar-refractivity contribution is 5.76. The zero-order valence-corrected chi connectivity index (χ0v) is 9.42. The Morgan fingerprint density at radius 1 is 1.65 bits per heavy atom. The molecular formula is C11H15NO5. The van der Waals surface area contributed by atoms with Gasteiger partial charge in [-0.1, -0.05) is 12.7 Å². The maximum atomic E-state index is 11.6. The van der Waals surface area contributed by atoms with E-state index in [9.17, 15) is 9.59 Å². The number of amides is 1. The summed E-state index contributed by atoms with van der Waals surface area (Å²) >= 11 is 0. The molecule has 94 valence electrons. The number of morpholine rings is 1. The van der Waals surface area contributed by atoms with Crippen molar-refractivity contribution in [2.24, 2.45) is 5.92 Å². The van der Waals surface area contributed by atoms with Crippen LogP contribution in [0.2, 0.25) is 0 Å². The van der Waals surface area contributed by atoms with E-state index in [0.29, 0.717) is 26.1 Å². The van der Waals surface area contributed by atoms with Crippen molar-refractivity contribution in [3.63, 3.8) is 0 Å². The van der Waals surface area contributed by atoms with Crippen molar-refractivity contribution in [2.45, 2.75) is 12.0 Å². The average Bonchev–Trinajstić information content (AvgIpc) is 3.00. The van der Waals surface area contributed by atoms with Gasteiger partial charge in [-0.3, -0.25) is 4.79 Å². The van der Waals surface area contributed by atoms with E-state index in [4.69, 9.17) is 14.6 Å². The number of aliphatic carboxylic acids is 1. The van der Waals surface area contributed by atoms with Crippen LogP contribution in [0.4, 0.5) is 4.79 Å². The van der Waals surface area contributed by atoms with E-state index < -0.39 is 23.6 Å². The van der Waals surface area contributed by atoms with Crippen LogP contribution in [0.1, 0.15) is 6.42 Å². The first-order valence-corrected chi connectivity index (χ1v) is 5.48. The molecule has 1 amide bonds. The number of hydrogen-bond acceptors (Lipinski definition) is 4. The summed E-state index contributed by atoms with van der Waals surface area (Å²) in [5, 5.41) is 8.91. The van der Waals surface area contributed by atoms with Gasteiger partial charge in [-0.2, -0.15) is 0 Å². The Labute approximate surface area is 98.8 Å². The van der Waals surface area contributed by atoms with E-state index in [1.807, 2.05) is 0 Å². The lowest BCUT2D eigenvalue weighted by molar-refractivity contribution is -0.142. The third-order valence-electron chi connectivity index (χ3n) is 3.11. The van der Waals surface area contributed by atoms with Gasteiger partial charge < -0.3 is 19.5 Å². The van der Waals surface area contributed by atoms with Crippen molar-refractivity contribution in [3.8, 4) is 0 Å². The largest absolute Gasteiger partial charge is 0.481 e. The summed E-state index contributed by atoms with van der Waals surface area (Å²) in [6.45, 7) is 4.69. The van der Waals surface area contributed by atoms with E-state index >= 15 is 0 Å². The summed E-state index contributed by atoms with van der Waals surface area (Å²) in [6.07, 6.45) is 1.52. The van der Waals surface area contributed by atoms with Gasteiger partial charge in [0.15, 0.2) is 0 Å². The molecule has 17 heavy (non-hydrogen) atoms. The van der Waals surface area contributed by atoms with Gasteiger partial charge in [0.2, 0.25) is 0 Å². The van der Waals surface area contributed by atoms with Crippen LogP contribution in [0.5, 0.6) is 0 Å². The van der Waals surface area contributed by atoms with Gasteiger partial charge in [-0.15, -0.1) is 0 Å². The fourth-order valence-electron chi connectivity index (χ4n) is 2.12. The molecule has 2 aliphatic rings. The topological polar surface area (TPSA) is 76.1 Å². The van der Waals surface area contributed by atoms with Crippen molar-refractivity contribution < 1.29 is 24.2 Å². The highest BCUT2D eigenvalue weighted by Gasteiger charge is 2.62. The first-order chi connectivity index (χ1) is 8.09. The number of nitrogens with zero attached hydrogens (tertiary/aromatic N) is 1. The van der Waals surface area contributed by atoms with Crippen LogP contribution >= 0.6 is 0 Å². The Bertz CT molecular complexity index is 356. The molecule has 1 heterocycles. The van der Waals surface area contributed by atoms with Crippen molar-refractivity contribution in [1.82, 2.24) is 4.90 Å². The Morgan fingerprint density at radius 2 is 2.41 bits per heavy atom. The molecule has 1 N–H and O–H groups in total. The van der Waals surface area contributed by atoms with Gasteiger partial charge in [0.05, 0.1) is 19.1 Å². The lowest BCUT2D eigenvalue weighted by Crippen LogP contribution is -2.48. The molecule has 2 unspecified atom stereocenters. The molecule has 1 saturated carbocycles. The minimum atomic E-state index is -0.869. The van der Waals surface area contributed by atoms with Crippen molar-refractivity contribution in [3.05, 3.63) is 12.7 Å². The molecule has 1 spiro atoms. The lowest BCUT2D eigenvalue weighted by atomic mass is 10.2. The van der Waals surface area contributed by atoms with Gasteiger partial charge in [0, 0.05) is 6.54 Å². The average molecular weight is 241 g/mol. The monoisotopic (exact) mass is 241 g/mol. The van der Waals surface area contributed by atoms with E-state index in [-0.39, 0.29) is 6.61 Å². The highest BCUT2D eigenvalue weighted by Crippen LogP contribution is 2.49. The van der Waals surface area contributed by atoms with Crippen LogP contribution in [0.25, 0.3) is 0 Å². The second kappa shape index (κ2) is 4.37. The molecule has 2 fully saturated rings. The normalized spacial score (nSPS) is 31.1. The Balaban J connectivity index is 1.92. The predicted octanol–water partition coefficient (Wildman–Crippen LogP) is 0.485. The van der Waals surface area contributed by atoms with E-state index in [1.165, 1.54) is 11.0 Å². The lowest BCUT2D eigenvalue weighted by Gasteiger charge is -2.32. The fourth-order valence-corrected chi connectivity index (χ4v) is 2.12. The quantitative estimate of drug-likeness (QED) is 0.727. The molecule has 0 bridgehead atoms. The molecule has 6 nitrogen and oxygen atoms in total. The number of carboxylic acids is 1. The number of carbonyl (C=O) groups is 2. The third kappa shape index (κ3) is 2.26. The second-order valence-electron chi connectivity index (χ2n) is 4.30. The standard InChI is InChI=1S/C11H15NO5/c1-2-4-16-10(15)12-3-5-17-11(7-12)6-8(11)9(13)14/h2,8H,1,3-7H2,(H,13,14). The van der Waals surface area contributed by atoms with Crippen molar-refractivity contribution >= 4 is 12.1 Å². The van der Waals surface area contributed by atoms with Crippen LogP contribution in [-0.2, 0) is 14.3 Å². The van der Waals surface area contributed by atoms with Gasteiger partial charge in [0.25, 0.3) is 0 Å².